The second-order valence-electron chi connectivity index (χ2n) is 7.10. The van der Waals surface area contributed by atoms with Crippen LogP contribution in [-0.4, -0.2) is 19.0 Å². The van der Waals surface area contributed by atoms with Gasteiger partial charge in [0.15, 0.2) is 0 Å². The number of carbonyl (C=O) groups excluding carboxylic acids is 1. The first kappa shape index (κ1) is 13.3. The minimum atomic E-state index is 0.234. The molecule has 2 saturated carbocycles. The summed E-state index contributed by atoms with van der Waals surface area (Å²) in [4.78, 5) is 12.7. The van der Waals surface area contributed by atoms with E-state index in [1.807, 2.05) is 6.07 Å². The highest BCUT2D eigenvalue weighted by Crippen LogP contribution is 2.58. The molecule has 0 aromatic heterocycles. The fourth-order valence-electron chi connectivity index (χ4n) is 4.01. The first-order chi connectivity index (χ1) is 10.3. The Balaban J connectivity index is 1.43. The number of benzene rings is 1. The zero-order chi connectivity index (χ0) is 14.3. The molecule has 112 valence electrons. The molecule has 2 atom stereocenters. The summed E-state index contributed by atoms with van der Waals surface area (Å²) in [5.41, 5.74) is 1.61. The lowest BCUT2D eigenvalue weighted by molar-refractivity contribution is -0.124. The lowest BCUT2D eigenvalue weighted by Gasteiger charge is -2.24. The maximum atomic E-state index is 12.7. The molecule has 1 aromatic carbocycles. The van der Waals surface area contributed by atoms with Crippen molar-refractivity contribution < 1.29 is 4.79 Å². The molecule has 21 heavy (non-hydrogen) atoms. The van der Waals surface area contributed by atoms with Gasteiger partial charge in [0.05, 0.1) is 6.04 Å². The second-order valence-corrected chi connectivity index (χ2v) is 7.10. The number of amides is 1. The molecule has 3 heteroatoms. The van der Waals surface area contributed by atoms with Gasteiger partial charge in [-0.3, -0.25) is 4.79 Å². The molecule has 3 nitrogen and oxygen atoms in total. The summed E-state index contributed by atoms with van der Waals surface area (Å²) in [6.45, 7) is 2.16. The van der Waals surface area contributed by atoms with E-state index in [1.54, 1.807) is 0 Å². The first-order valence-corrected chi connectivity index (χ1v) is 8.35. The molecule has 1 aliphatic heterocycles. The number of rotatable bonds is 4. The zero-order valence-corrected chi connectivity index (χ0v) is 12.5. The van der Waals surface area contributed by atoms with E-state index in [0.29, 0.717) is 17.2 Å². The standard InChI is InChI=1S/C18H24N2O/c21-17(15-12-18(15)8-10-19-11-9-18)20-16(14-6-7-14)13-4-2-1-3-5-13/h1-5,14-16,19H,6-12H2,(H,20,21). The Bertz CT molecular complexity index is 517. The summed E-state index contributed by atoms with van der Waals surface area (Å²) < 4.78 is 0. The highest BCUT2D eigenvalue weighted by Gasteiger charge is 2.58. The fourth-order valence-corrected chi connectivity index (χ4v) is 4.01. The van der Waals surface area contributed by atoms with Crippen molar-refractivity contribution in [1.82, 2.24) is 10.6 Å². The molecule has 2 unspecified atom stereocenters. The van der Waals surface area contributed by atoms with E-state index in [2.05, 4.69) is 34.9 Å². The molecule has 4 rings (SSSR count). The molecule has 3 aliphatic rings. The summed E-state index contributed by atoms with van der Waals surface area (Å²) in [5.74, 6) is 1.22. The largest absolute Gasteiger partial charge is 0.349 e. The summed E-state index contributed by atoms with van der Waals surface area (Å²) in [6, 6.07) is 10.7. The topological polar surface area (TPSA) is 41.1 Å². The smallest absolute Gasteiger partial charge is 0.224 e. The van der Waals surface area contributed by atoms with E-state index in [1.165, 1.54) is 31.2 Å². The summed E-state index contributed by atoms with van der Waals surface area (Å²) >= 11 is 0. The number of nitrogens with one attached hydrogen (secondary N) is 2. The number of hydrogen-bond donors (Lipinski definition) is 2. The van der Waals surface area contributed by atoms with Gasteiger partial charge < -0.3 is 10.6 Å². The van der Waals surface area contributed by atoms with Crippen LogP contribution in [-0.2, 0) is 4.79 Å². The van der Waals surface area contributed by atoms with Crippen LogP contribution >= 0.6 is 0 Å². The maximum absolute atomic E-state index is 12.7. The Morgan fingerprint density at radius 2 is 1.90 bits per heavy atom. The first-order valence-electron chi connectivity index (χ1n) is 8.35. The van der Waals surface area contributed by atoms with E-state index in [4.69, 9.17) is 0 Å². The average Bonchev–Trinajstić information content (AvgIpc) is 3.43. The van der Waals surface area contributed by atoms with E-state index in [9.17, 15) is 4.79 Å². The van der Waals surface area contributed by atoms with Crippen molar-refractivity contribution in [1.29, 1.82) is 0 Å². The van der Waals surface area contributed by atoms with Crippen LogP contribution in [0, 0.1) is 17.3 Å². The Kier molecular flexibility index (Phi) is 3.26. The van der Waals surface area contributed by atoms with Gasteiger partial charge in [0, 0.05) is 5.92 Å². The minimum Gasteiger partial charge on any atom is -0.349 e. The highest BCUT2D eigenvalue weighted by molar-refractivity contribution is 5.83. The molecular weight excluding hydrogens is 260 g/mol. The Morgan fingerprint density at radius 1 is 1.19 bits per heavy atom. The SMILES string of the molecule is O=C(NC(c1ccccc1)C1CC1)C1CC12CCNCC2. The van der Waals surface area contributed by atoms with Crippen LogP contribution in [0.5, 0.6) is 0 Å². The monoisotopic (exact) mass is 284 g/mol. The van der Waals surface area contributed by atoms with Crippen LogP contribution in [0.1, 0.15) is 43.7 Å². The minimum absolute atomic E-state index is 0.234. The van der Waals surface area contributed by atoms with Crippen LogP contribution in [0.4, 0.5) is 0 Å². The molecule has 0 radical (unpaired) electrons. The number of carbonyl (C=O) groups is 1. The number of piperidine rings is 1. The van der Waals surface area contributed by atoms with E-state index < -0.39 is 0 Å². The van der Waals surface area contributed by atoms with Gasteiger partial charge in [-0.2, -0.15) is 0 Å². The van der Waals surface area contributed by atoms with Gasteiger partial charge in [-0.1, -0.05) is 30.3 Å². The lowest BCUT2D eigenvalue weighted by Crippen LogP contribution is -2.35. The van der Waals surface area contributed by atoms with Crippen molar-refractivity contribution in [3.63, 3.8) is 0 Å². The van der Waals surface area contributed by atoms with Gasteiger partial charge in [-0.25, -0.2) is 0 Å². The molecule has 1 aromatic rings. The van der Waals surface area contributed by atoms with E-state index in [-0.39, 0.29) is 12.0 Å². The molecule has 1 saturated heterocycles. The van der Waals surface area contributed by atoms with Crippen molar-refractivity contribution >= 4 is 5.91 Å². The molecule has 1 spiro atoms. The van der Waals surface area contributed by atoms with Crippen LogP contribution in [0.2, 0.25) is 0 Å². The van der Waals surface area contributed by atoms with Crippen molar-refractivity contribution in [2.75, 3.05) is 13.1 Å². The molecule has 2 N–H and O–H groups in total. The Morgan fingerprint density at radius 3 is 2.57 bits per heavy atom. The van der Waals surface area contributed by atoms with Crippen LogP contribution < -0.4 is 10.6 Å². The molecule has 2 aliphatic carbocycles. The van der Waals surface area contributed by atoms with Crippen molar-refractivity contribution in [2.24, 2.45) is 17.3 Å². The van der Waals surface area contributed by atoms with Crippen LogP contribution in [0.15, 0.2) is 30.3 Å². The van der Waals surface area contributed by atoms with Crippen LogP contribution in [0.3, 0.4) is 0 Å². The normalized spacial score (nSPS) is 28.1. The summed E-state index contributed by atoms with van der Waals surface area (Å²) in [5, 5.41) is 6.77. The Labute approximate surface area is 126 Å². The van der Waals surface area contributed by atoms with Gasteiger partial charge in [-0.15, -0.1) is 0 Å². The molecule has 1 heterocycles. The van der Waals surface area contributed by atoms with E-state index in [0.717, 1.165) is 19.5 Å². The molecule has 3 fully saturated rings. The predicted octanol–water partition coefficient (Wildman–Crippen LogP) is 2.64. The Hall–Kier alpha value is -1.35. The van der Waals surface area contributed by atoms with Gasteiger partial charge >= 0.3 is 0 Å². The van der Waals surface area contributed by atoms with Crippen LogP contribution in [0.25, 0.3) is 0 Å². The highest BCUT2D eigenvalue weighted by atomic mass is 16.2. The zero-order valence-electron chi connectivity index (χ0n) is 12.5. The predicted molar refractivity (Wildman–Crippen MR) is 82.7 cm³/mol. The van der Waals surface area contributed by atoms with E-state index >= 15 is 0 Å². The third-order valence-corrected chi connectivity index (χ3v) is 5.66. The van der Waals surface area contributed by atoms with Crippen molar-refractivity contribution in [3.05, 3.63) is 35.9 Å². The molecule has 0 bridgehead atoms. The van der Waals surface area contributed by atoms with Gasteiger partial charge in [0.1, 0.15) is 0 Å². The maximum Gasteiger partial charge on any atom is 0.224 e. The summed E-state index contributed by atoms with van der Waals surface area (Å²) in [6.07, 6.45) is 5.95. The molecular formula is C18H24N2O. The van der Waals surface area contributed by atoms with Gasteiger partial charge in [0.2, 0.25) is 5.91 Å². The lowest BCUT2D eigenvalue weighted by atomic mass is 9.91. The third-order valence-electron chi connectivity index (χ3n) is 5.66. The second kappa shape index (κ2) is 5.13. The summed E-state index contributed by atoms with van der Waals surface area (Å²) in [7, 11) is 0. The van der Waals surface area contributed by atoms with Gasteiger partial charge in [0.25, 0.3) is 0 Å². The number of hydrogen-bond acceptors (Lipinski definition) is 2. The fraction of sp³-hybridized carbons (Fsp3) is 0.611. The van der Waals surface area contributed by atoms with Gasteiger partial charge in [-0.05, 0) is 62.1 Å². The molecule has 1 amide bonds. The third kappa shape index (κ3) is 2.59. The van der Waals surface area contributed by atoms with Crippen molar-refractivity contribution in [3.8, 4) is 0 Å². The quantitative estimate of drug-likeness (QED) is 0.892. The average molecular weight is 284 g/mol. The van der Waals surface area contributed by atoms with Crippen molar-refractivity contribution in [2.45, 2.75) is 38.1 Å².